The monoisotopic (exact) mass is 524 g/mol. The van der Waals surface area contributed by atoms with Crippen molar-refractivity contribution >= 4 is 0 Å². The Labute approximate surface area is 225 Å². The maximum Gasteiger partial charge on any atom is 0.171 e. The lowest BCUT2D eigenvalue weighted by Crippen LogP contribution is -2.59. The minimum Gasteiger partial charge on any atom is -0.376 e. The van der Waals surface area contributed by atoms with Gasteiger partial charge in [0.1, 0.15) is 6.10 Å². The molecule has 4 heterocycles. The van der Waals surface area contributed by atoms with Crippen LogP contribution in [0.1, 0.15) is 49.7 Å². The highest BCUT2D eigenvalue weighted by molar-refractivity contribution is 5.14. The van der Waals surface area contributed by atoms with Crippen molar-refractivity contribution in [3.05, 3.63) is 71.8 Å². The fraction of sp³-hybridized carbons (Fsp3) is 0.613. The number of rotatable bonds is 7. The first kappa shape index (κ1) is 26.4. The van der Waals surface area contributed by atoms with Crippen LogP contribution in [0, 0.1) is 5.92 Å². The molecule has 8 atom stereocenters. The first-order valence-electron chi connectivity index (χ1n) is 14.2. The zero-order chi connectivity index (χ0) is 25.8. The van der Waals surface area contributed by atoms with E-state index in [0.29, 0.717) is 39.3 Å². The molecular weight excluding hydrogens is 484 g/mol. The standard InChI is InChI=1S/C31H40O7/c32-31-14-13-25-28(36-20-24(31)16-27-26(38-31)12-7-15-34-27)17-29(35-19-23-10-5-2-6-11-23)30(37-25)21-33-18-22-8-3-1-4-9-22/h1-6,8-11,24-30,32H,7,12-21H2/t24?,25-,26-,27+,28+,29-,30+,31?/m0/s1. The van der Waals surface area contributed by atoms with Gasteiger partial charge in [0.15, 0.2) is 5.79 Å². The Morgan fingerprint density at radius 1 is 0.816 bits per heavy atom. The number of aliphatic hydroxyl groups is 1. The lowest BCUT2D eigenvalue weighted by atomic mass is 9.81. The van der Waals surface area contributed by atoms with E-state index in [1.807, 2.05) is 36.4 Å². The largest absolute Gasteiger partial charge is 0.376 e. The predicted octanol–water partition coefficient (Wildman–Crippen LogP) is 4.40. The molecule has 2 aromatic carbocycles. The third kappa shape index (κ3) is 6.15. The van der Waals surface area contributed by atoms with Gasteiger partial charge in [0, 0.05) is 25.4 Å². The van der Waals surface area contributed by atoms with Crippen LogP contribution in [0.5, 0.6) is 0 Å². The number of ether oxygens (including phenoxy) is 6. The number of benzene rings is 2. The average molecular weight is 525 g/mol. The van der Waals surface area contributed by atoms with Gasteiger partial charge in [0.25, 0.3) is 0 Å². The fourth-order valence-corrected chi connectivity index (χ4v) is 6.37. The quantitative estimate of drug-likeness (QED) is 0.576. The molecule has 0 aromatic heterocycles. The molecular formula is C31H40O7. The van der Waals surface area contributed by atoms with E-state index in [1.165, 1.54) is 0 Å². The molecule has 4 fully saturated rings. The summed E-state index contributed by atoms with van der Waals surface area (Å²) in [6.45, 7) is 2.66. The average Bonchev–Trinajstić information content (AvgIpc) is 2.95. The minimum atomic E-state index is -1.20. The Kier molecular flexibility index (Phi) is 8.42. The molecule has 0 radical (unpaired) electrons. The Morgan fingerprint density at radius 3 is 2.34 bits per heavy atom. The molecule has 4 saturated heterocycles. The Morgan fingerprint density at radius 2 is 1.55 bits per heavy atom. The normalized spacial score (nSPS) is 37.2. The fourth-order valence-electron chi connectivity index (χ4n) is 6.37. The summed E-state index contributed by atoms with van der Waals surface area (Å²) in [5.41, 5.74) is 2.26. The molecule has 0 spiro atoms. The lowest BCUT2D eigenvalue weighted by molar-refractivity contribution is -0.339. The van der Waals surface area contributed by atoms with Crippen LogP contribution in [0.3, 0.4) is 0 Å². The highest BCUT2D eigenvalue weighted by Gasteiger charge is 2.52. The SMILES string of the molecule is OC12CC[C@@H]3O[C@H](COCc4ccccc4)[C@@H](OCc4ccccc4)C[C@H]3OCC1C[C@H]1OCCC[C@@H]1O2. The van der Waals surface area contributed by atoms with Crippen LogP contribution in [0.2, 0.25) is 0 Å². The van der Waals surface area contributed by atoms with Gasteiger partial charge in [-0.25, -0.2) is 0 Å². The molecule has 4 aliphatic heterocycles. The number of hydrogen-bond donors (Lipinski definition) is 1. The summed E-state index contributed by atoms with van der Waals surface area (Å²) in [6.07, 6.45) is 3.97. The zero-order valence-electron chi connectivity index (χ0n) is 22.0. The first-order valence-corrected chi connectivity index (χ1v) is 14.2. The summed E-state index contributed by atoms with van der Waals surface area (Å²) < 4.78 is 37.9. The van der Waals surface area contributed by atoms with Gasteiger partial charge in [-0.1, -0.05) is 60.7 Å². The summed E-state index contributed by atoms with van der Waals surface area (Å²) in [5.74, 6) is -1.31. The molecule has 4 aliphatic rings. The Hall–Kier alpha value is -1.84. The molecule has 206 valence electrons. The highest BCUT2D eigenvalue weighted by Crippen LogP contribution is 2.43. The van der Waals surface area contributed by atoms with Crippen molar-refractivity contribution in [2.45, 2.75) is 94.1 Å². The summed E-state index contributed by atoms with van der Waals surface area (Å²) in [4.78, 5) is 0. The van der Waals surface area contributed by atoms with E-state index >= 15 is 0 Å². The number of hydrogen-bond acceptors (Lipinski definition) is 7. The summed E-state index contributed by atoms with van der Waals surface area (Å²) >= 11 is 0. The van der Waals surface area contributed by atoms with Gasteiger partial charge in [0.2, 0.25) is 0 Å². The van der Waals surface area contributed by atoms with Crippen LogP contribution in [-0.2, 0) is 41.6 Å². The maximum absolute atomic E-state index is 11.6. The van der Waals surface area contributed by atoms with Crippen molar-refractivity contribution in [1.29, 1.82) is 0 Å². The maximum atomic E-state index is 11.6. The highest BCUT2D eigenvalue weighted by atomic mass is 16.7. The summed E-state index contributed by atoms with van der Waals surface area (Å²) in [6, 6.07) is 20.4. The van der Waals surface area contributed by atoms with E-state index < -0.39 is 5.79 Å². The van der Waals surface area contributed by atoms with Gasteiger partial charge in [-0.15, -0.1) is 0 Å². The molecule has 6 rings (SSSR count). The summed E-state index contributed by atoms with van der Waals surface area (Å²) in [5, 5.41) is 11.6. The molecule has 7 heteroatoms. The molecule has 38 heavy (non-hydrogen) atoms. The van der Waals surface area contributed by atoms with E-state index in [1.54, 1.807) is 0 Å². The molecule has 2 aromatic rings. The molecule has 7 nitrogen and oxygen atoms in total. The second kappa shape index (κ2) is 12.1. The molecule has 0 amide bonds. The second-order valence-electron chi connectivity index (χ2n) is 11.2. The van der Waals surface area contributed by atoms with Gasteiger partial charge in [0.05, 0.1) is 56.9 Å². The van der Waals surface area contributed by atoms with Crippen molar-refractivity contribution in [1.82, 2.24) is 0 Å². The van der Waals surface area contributed by atoms with Crippen LogP contribution in [-0.4, -0.2) is 67.3 Å². The van der Waals surface area contributed by atoms with Crippen LogP contribution in [0.4, 0.5) is 0 Å². The topological polar surface area (TPSA) is 75.6 Å². The van der Waals surface area contributed by atoms with E-state index in [4.69, 9.17) is 28.4 Å². The van der Waals surface area contributed by atoms with Crippen LogP contribution < -0.4 is 0 Å². The van der Waals surface area contributed by atoms with Crippen molar-refractivity contribution in [2.75, 3.05) is 19.8 Å². The van der Waals surface area contributed by atoms with E-state index in [9.17, 15) is 5.11 Å². The zero-order valence-corrected chi connectivity index (χ0v) is 22.0. The molecule has 0 saturated carbocycles. The van der Waals surface area contributed by atoms with E-state index in [2.05, 4.69) is 24.3 Å². The smallest absolute Gasteiger partial charge is 0.171 e. The van der Waals surface area contributed by atoms with Crippen LogP contribution >= 0.6 is 0 Å². The molecule has 1 N–H and O–H groups in total. The van der Waals surface area contributed by atoms with Gasteiger partial charge >= 0.3 is 0 Å². The van der Waals surface area contributed by atoms with Gasteiger partial charge in [-0.2, -0.15) is 0 Å². The third-order valence-corrected chi connectivity index (χ3v) is 8.53. The van der Waals surface area contributed by atoms with Gasteiger partial charge in [-0.05, 0) is 36.8 Å². The predicted molar refractivity (Wildman–Crippen MR) is 140 cm³/mol. The van der Waals surface area contributed by atoms with Gasteiger partial charge < -0.3 is 33.5 Å². The van der Waals surface area contributed by atoms with Crippen molar-refractivity contribution in [3.8, 4) is 0 Å². The Balaban J connectivity index is 1.12. The third-order valence-electron chi connectivity index (χ3n) is 8.53. The van der Waals surface area contributed by atoms with E-state index in [0.717, 1.165) is 43.4 Å². The second-order valence-corrected chi connectivity index (χ2v) is 11.2. The molecule has 0 bridgehead atoms. The Bertz CT molecular complexity index is 1000. The van der Waals surface area contributed by atoms with Crippen LogP contribution in [0.25, 0.3) is 0 Å². The number of fused-ring (bicyclic) bond motifs is 3. The van der Waals surface area contributed by atoms with Gasteiger partial charge in [-0.3, -0.25) is 0 Å². The van der Waals surface area contributed by atoms with Crippen molar-refractivity contribution < 1.29 is 33.5 Å². The lowest BCUT2D eigenvalue weighted by Gasteiger charge is -2.51. The van der Waals surface area contributed by atoms with Crippen molar-refractivity contribution in [3.63, 3.8) is 0 Å². The molecule has 0 aliphatic carbocycles. The van der Waals surface area contributed by atoms with Crippen LogP contribution in [0.15, 0.2) is 60.7 Å². The summed E-state index contributed by atoms with van der Waals surface area (Å²) in [7, 11) is 0. The first-order chi connectivity index (χ1) is 18.7. The van der Waals surface area contributed by atoms with E-state index in [-0.39, 0.29) is 42.5 Å². The van der Waals surface area contributed by atoms with Crippen molar-refractivity contribution in [2.24, 2.45) is 5.92 Å². The minimum absolute atomic E-state index is 0.0394. The molecule has 2 unspecified atom stereocenters.